The van der Waals surface area contributed by atoms with E-state index in [9.17, 15) is 10.1 Å². The Balaban J connectivity index is 1.33. The third-order valence-electron chi connectivity index (χ3n) is 6.21. The molecule has 166 valence electrons. The Kier molecular flexibility index (Phi) is 5.54. The minimum absolute atomic E-state index is 0.0316. The number of amides is 1. The number of likely N-dealkylation sites (tertiary alicyclic amines) is 1. The predicted molar refractivity (Wildman–Crippen MR) is 121 cm³/mol. The summed E-state index contributed by atoms with van der Waals surface area (Å²) in [5.74, 6) is -0.243. The van der Waals surface area contributed by atoms with Crippen LogP contribution in [-0.4, -0.2) is 53.6 Å². The number of carbonyl (C=O) groups excluding carboxylic acids is 1. The fourth-order valence-electron chi connectivity index (χ4n) is 4.60. The molecule has 4 aromatic rings. The van der Waals surface area contributed by atoms with Gasteiger partial charge in [-0.3, -0.25) is 19.4 Å². The number of primary amides is 1. The largest absolute Gasteiger partial charge is 0.364 e. The van der Waals surface area contributed by atoms with Gasteiger partial charge in [0.25, 0.3) is 5.91 Å². The van der Waals surface area contributed by atoms with Crippen molar-refractivity contribution < 1.29 is 4.79 Å². The first kappa shape index (κ1) is 20.8. The van der Waals surface area contributed by atoms with Crippen LogP contribution in [0.2, 0.25) is 0 Å². The normalized spacial score (nSPS) is 17.2. The number of nitrogens with zero attached hydrogens (tertiary/aromatic N) is 7. The first-order valence-electron chi connectivity index (χ1n) is 10.8. The SMILES string of the molecule is N#CCC(C1CCN(Cc2ccnc(C(N)=O)c2)C1)n1cc(-c2ncnc3[nH]ccc23)cn1. The van der Waals surface area contributed by atoms with Gasteiger partial charge in [0.05, 0.1) is 30.4 Å². The van der Waals surface area contributed by atoms with Crippen LogP contribution in [0.3, 0.4) is 0 Å². The van der Waals surface area contributed by atoms with Gasteiger partial charge in [-0.25, -0.2) is 9.97 Å². The highest BCUT2D eigenvalue weighted by molar-refractivity contribution is 5.91. The highest BCUT2D eigenvalue weighted by atomic mass is 16.1. The van der Waals surface area contributed by atoms with Crippen LogP contribution in [0.25, 0.3) is 22.3 Å². The maximum Gasteiger partial charge on any atom is 0.267 e. The topological polar surface area (TPSA) is 142 Å². The predicted octanol–water partition coefficient (Wildman–Crippen LogP) is 2.29. The van der Waals surface area contributed by atoms with Gasteiger partial charge in [0, 0.05) is 42.6 Å². The molecule has 0 spiro atoms. The van der Waals surface area contributed by atoms with E-state index in [1.807, 2.05) is 29.2 Å². The highest BCUT2D eigenvalue weighted by Crippen LogP contribution is 2.32. The van der Waals surface area contributed by atoms with Crippen molar-refractivity contribution in [3.05, 3.63) is 60.6 Å². The quantitative estimate of drug-likeness (QED) is 0.448. The molecule has 10 heteroatoms. The third kappa shape index (κ3) is 4.18. The van der Waals surface area contributed by atoms with E-state index in [0.29, 0.717) is 13.0 Å². The average molecular weight is 441 g/mol. The Morgan fingerprint density at radius 3 is 3.09 bits per heavy atom. The summed E-state index contributed by atoms with van der Waals surface area (Å²) in [5.41, 5.74) is 9.12. The number of nitriles is 1. The molecule has 4 aromatic heterocycles. The van der Waals surface area contributed by atoms with Gasteiger partial charge < -0.3 is 10.7 Å². The summed E-state index contributed by atoms with van der Waals surface area (Å²) < 4.78 is 1.91. The molecule has 0 bridgehead atoms. The maximum atomic E-state index is 11.4. The lowest BCUT2D eigenvalue weighted by Gasteiger charge is -2.22. The number of rotatable bonds is 7. The van der Waals surface area contributed by atoms with Gasteiger partial charge in [-0.05, 0) is 42.6 Å². The van der Waals surface area contributed by atoms with E-state index in [2.05, 4.69) is 36.0 Å². The number of aromatic nitrogens is 6. The smallest absolute Gasteiger partial charge is 0.267 e. The lowest BCUT2D eigenvalue weighted by molar-refractivity contribution is 0.0995. The first-order valence-corrected chi connectivity index (χ1v) is 10.8. The van der Waals surface area contributed by atoms with Gasteiger partial charge in [0.1, 0.15) is 17.7 Å². The van der Waals surface area contributed by atoms with Crippen molar-refractivity contribution in [3.8, 4) is 17.3 Å². The molecule has 10 nitrogen and oxygen atoms in total. The van der Waals surface area contributed by atoms with Gasteiger partial charge in [-0.2, -0.15) is 10.4 Å². The van der Waals surface area contributed by atoms with Crippen molar-refractivity contribution in [2.45, 2.75) is 25.4 Å². The van der Waals surface area contributed by atoms with E-state index in [0.717, 1.165) is 47.4 Å². The molecule has 1 fully saturated rings. The number of fused-ring (bicyclic) bond motifs is 1. The molecule has 3 N–H and O–H groups in total. The Hall–Kier alpha value is -4.10. The zero-order valence-electron chi connectivity index (χ0n) is 17.9. The molecule has 1 aliphatic rings. The Labute approximate surface area is 190 Å². The van der Waals surface area contributed by atoms with Crippen molar-refractivity contribution in [1.82, 2.24) is 34.6 Å². The molecule has 0 radical (unpaired) electrons. The number of carbonyl (C=O) groups is 1. The van der Waals surface area contributed by atoms with E-state index in [1.165, 1.54) is 6.33 Å². The summed E-state index contributed by atoms with van der Waals surface area (Å²) >= 11 is 0. The number of hydrogen-bond acceptors (Lipinski definition) is 7. The van der Waals surface area contributed by atoms with E-state index < -0.39 is 5.91 Å². The second kappa shape index (κ2) is 8.80. The highest BCUT2D eigenvalue weighted by Gasteiger charge is 2.31. The summed E-state index contributed by atoms with van der Waals surface area (Å²) in [4.78, 5) is 29.6. The second-order valence-electron chi connectivity index (χ2n) is 8.30. The number of pyridine rings is 1. The minimum Gasteiger partial charge on any atom is -0.364 e. The summed E-state index contributed by atoms with van der Waals surface area (Å²) in [6.45, 7) is 2.45. The molecular formula is C23H23N9O. The zero-order valence-corrected chi connectivity index (χ0v) is 17.9. The van der Waals surface area contributed by atoms with Gasteiger partial charge in [-0.15, -0.1) is 0 Å². The number of H-pyrrole nitrogens is 1. The first-order chi connectivity index (χ1) is 16.1. The molecule has 1 saturated heterocycles. The van der Waals surface area contributed by atoms with Crippen LogP contribution in [0, 0.1) is 17.2 Å². The minimum atomic E-state index is -0.527. The van der Waals surface area contributed by atoms with Crippen LogP contribution in [-0.2, 0) is 6.54 Å². The van der Waals surface area contributed by atoms with Crippen LogP contribution in [0.15, 0.2) is 49.3 Å². The van der Waals surface area contributed by atoms with Crippen LogP contribution < -0.4 is 5.73 Å². The average Bonchev–Trinajstić information content (AvgIpc) is 3.58. The number of hydrogen-bond donors (Lipinski definition) is 2. The molecule has 0 aromatic carbocycles. The van der Waals surface area contributed by atoms with E-state index in [1.54, 1.807) is 18.5 Å². The van der Waals surface area contributed by atoms with E-state index in [-0.39, 0.29) is 17.7 Å². The summed E-state index contributed by atoms with van der Waals surface area (Å²) in [6.07, 6.45) is 10.1. The van der Waals surface area contributed by atoms with E-state index in [4.69, 9.17) is 5.73 Å². The fourth-order valence-corrected chi connectivity index (χ4v) is 4.60. The van der Waals surface area contributed by atoms with Crippen molar-refractivity contribution in [1.29, 1.82) is 5.26 Å². The standard InChI is InChI=1S/C23H23N9O/c24-5-1-20(16-4-8-31(12-16)11-15-2-6-26-19(9-15)22(25)33)32-13-17(10-30-32)21-18-3-7-27-23(18)29-14-28-21/h2-3,6-7,9-10,13-14,16,20H,1,4,8,11-12H2,(H2,25,33)(H,27,28,29). The van der Waals surface area contributed by atoms with Gasteiger partial charge in [0.15, 0.2) is 0 Å². The Morgan fingerprint density at radius 2 is 2.24 bits per heavy atom. The molecule has 0 saturated carbocycles. The lowest BCUT2D eigenvalue weighted by atomic mass is 9.96. The van der Waals surface area contributed by atoms with Crippen molar-refractivity contribution >= 4 is 16.9 Å². The molecule has 1 aliphatic heterocycles. The molecule has 5 rings (SSSR count). The van der Waals surface area contributed by atoms with Crippen LogP contribution in [0.4, 0.5) is 0 Å². The summed E-state index contributed by atoms with van der Waals surface area (Å²) in [7, 11) is 0. The Morgan fingerprint density at radius 1 is 1.33 bits per heavy atom. The summed E-state index contributed by atoms with van der Waals surface area (Å²) in [5, 5.41) is 15.0. The molecule has 0 aliphatic carbocycles. The van der Waals surface area contributed by atoms with Crippen LogP contribution in [0.1, 0.15) is 34.9 Å². The molecule has 33 heavy (non-hydrogen) atoms. The van der Waals surface area contributed by atoms with Gasteiger partial charge in [-0.1, -0.05) is 0 Å². The Bertz CT molecular complexity index is 1330. The lowest BCUT2D eigenvalue weighted by Crippen LogP contribution is -2.25. The van der Waals surface area contributed by atoms with Gasteiger partial charge >= 0.3 is 0 Å². The van der Waals surface area contributed by atoms with Crippen molar-refractivity contribution in [3.63, 3.8) is 0 Å². The molecule has 2 unspecified atom stereocenters. The van der Waals surface area contributed by atoms with Crippen LogP contribution in [0.5, 0.6) is 0 Å². The molecule has 1 amide bonds. The molecular weight excluding hydrogens is 418 g/mol. The van der Waals surface area contributed by atoms with Gasteiger partial charge in [0.2, 0.25) is 0 Å². The fraction of sp³-hybridized carbons (Fsp3) is 0.304. The number of nitrogens with two attached hydrogens (primary N) is 1. The van der Waals surface area contributed by atoms with Crippen molar-refractivity contribution in [2.75, 3.05) is 13.1 Å². The number of aromatic amines is 1. The van der Waals surface area contributed by atoms with Crippen molar-refractivity contribution in [2.24, 2.45) is 11.7 Å². The molecule has 5 heterocycles. The third-order valence-corrected chi connectivity index (χ3v) is 6.21. The summed E-state index contributed by atoms with van der Waals surface area (Å²) in [6, 6.07) is 7.89. The van der Waals surface area contributed by atoms with E-state index >= 15 is 0 Å². The zero-order chi connectivity index (χ0) is 22.8. The maximum absolute atomic E-state index is 11.4. The number of nitrogens with one attached hydrogen (secondary N) is 1. The molecule has 2 atom stereocenters. The monoisotopic (exact) mass is 441 g/mol. The van der Waals surface area contributed by atoms with Crippen LogP contribution >= 0.6 is 0 Å². The second-order valence-corrected chi connectivity index (χ2v) is 8.30.